The molecule has 5 rings (SSSR count). The van der Waals surface area contributed by atoms with Gasteiger partial charge in [-0.25, -0.2) is 9.97 Å². The average molecular weight is 348 g/mol. The third-order valence-corrected chi connectivity index (χ3v) is 6.11. The van der Waals surface area contributed by atoms with Crippen LogP contribution in [0.15, 0.2) is 36.7 Å². The molecule has 0 spiro atoms. The van der Waals surface area contributed by atoms with Gasteiger partial charge in [0.1, 0.15) is 11.6 Å². The van der Waals surface area contributed by atoms with Crippen LogP contribution >= 0.6 is 0 Å². The summed E-state index contributed by atoms with van der Waals surface area (Å²) in [5.74, 6) is 2.69. The van der Waals surface area contributed by atoms with Crippen molar-refractivity contribution >= 4 is 17.5 Å². The Labute approximate surface area is 153 Å². The van der Waals surface area contributed by atoms with E-state index < -0.39 is 5.41 Å². The van der Waals surface area contributed by atoms with Crippen LogP contribution < -0.4 is 10.2 Å². The van der Waals surface area contributed by atoms with Crippen molar-refractivity contribution in [3.05, 3.63) is 47.8 Å². The predicted molar refractivity (Wildman–Crippen MR) is 101 cm³/mol. The molecule has 0 atom stereocenters. The van der Waals surface area contributed by atoms with Gasteiger partial charge >= 0.3 is 0 Å². The van der Waals surface area contributed by atoms with E-state index in [4.69, 9.17) is 0 Å². The third-order valence-electron chi connectivity index (χ3n) is 6.11. The first-order valence-corrected chi connectivity index (χ1v) is 9.55. The summed E-state index contributed by atoms with van der Waals surface area (Å²) in [5.41, 5.74) is 1.91. The van der Waals surface area contributed by atoms with Crippen molar-refractivity contribution in [3.63, 3.8) is 0 Å². The summed E-state index contributed by atoms with van der Waals surface area (Å²) in [4.78, 5) is 23.9. The quantitative estimate of drug-likeness (QED) is 0.917. The van der Waals surface area contributed by atoms with Crippen molar-refractivity contribution < 1.29 is 4.79 Å². The first-order chi connectivity index (χ1) is 12.5. The second-order valence-electron chi connectivity index (χ2n) is 8.39. The van der Waals surface area contributed by atoms with Crippen LogP contribution in [0.3, 0.4) is 0 Å². The first-order valence-electron chi connectivity index (χ1n) is 9.55. The van der Waals surface area contributed by atoms with Crippen LogP contribution in [0.1, 0.15) is 56.6 Å². The molecule has 0 unspecified atom stereocenters. The van der Waals surface area contributed by atoms with Crippen molar-refractivity contribution in [2.24, 2.45) is 0 Å². The molecular weight excluding hydrogens is 324 g/mol. The normalized spacial score (nSPS) is 26.4. The molecule has 0 saturated heterocycles. The predicted octanol–water partition coefficient (Wildman–Crippen LogP) is 3.62. The Balaban J connectivity index is 1.26. The largest absolute Gasteiger partial charge is 0.367 e. The summed E-state index contributed by atoms with van der Waals surface area (Å²) in [6.07, 6.45) is 8.25. The monoisotopic (exact) mass is 348 g/mol. The molecule has 0 aromatic carbocycles. The summed E-state index contributed by atoms with van der Waals surface area (Å²) in [7, 11) is 0. The second kappa shape index (κ2) is 5.53. The number of rotatable bonds is 4. The van der Waals surface area contributed by atoms with Gasteiger partial charge < -0.3 is 5.32 Å². The molecule has 134 valence electrons. The fraction of sp³-hybridized carbons (Fsp3) is 0.476. The van der Waals surface area contributed by atoms with Gasteiger partial charge in [-0.2, -0.15) is 0 Å². The van der Waals surface area contributed by atoms with Crippen LogP contribution in [0, 0.1) is 0 Å². The number of fused-ring (bicyclic) bond motifs is 1. The number of anilines is 2. The van der Waals surface area contributed by atoms with Gasteiger partial charge in [-0.15, -0.1) is 0 Å². The lowest BCUT2D eigenvalue weighted by molar-refractivity contribution is -0.122. The zero-order valence-electron chi connectivity index (χ0n) is 15.3. The molecule has 1 aliphatic heterocycles. The van der Waals surface area contributed by atoms with Crippen molar-refractivity contribution in [1.29, 1.82) is 0 Å². The van der Waals surface area contributed by atoms with Crippen LogP contribution in [-0.4, -0.2) is 28.0 Å². The average Bonchev–Trinajstić information content (AvgIpc) is 3.43. The van der Waals surface area contributed by atoms with Crippen molar-refractivity contribution in [3.8, 4) is 0 Å². The van der Waals surface area contributed by atoms with E-state index in [0.717, 1.165) is 36.0 Å². The van der Waals surface area contributed by atoms with Crippen LogP contribution in [0.2, 0.25) is 0 Å². The van der Waals surface area contributed by atoms with Crippen LogP contribution in [0.5, 0.6) is 0 Å². The van der Waals surface area contributed by atoms with E-state index in [0.29, 0.717) is 6.04 Å². The van der Waals surface area contributed by atoms with Crippen LogP contribution in [0.4, 0.5) is 11.6 Å². The molecule has 2 aromatic heterocycles. The topological polar surface area (TPSA) is 58.1 Å². The standard InChI is InChI=1S/C21H24N4O/c1-21(2)17-4-3-9-22-19(17)25(20(21)26)16-10-15(11-16)24-18-8-7-14(12-23-18)13-5-6-13/h3-4,7-9,12-13,15-16H,5-6,10-11H2,1-2H3,(H,23,24)/t15-,16-. The van der Waals surface area contributed by atoms with Gasteiger partial charge in [-0.05, 0) is 63.1 Å². The maximum Gasteiger partial charge on any atom is 0.238 e. The Morgan fingerprint density at radius 1 is 1.15 bits per heavy atom. The lowest BCUT2D eigenvalue weighted by Gasteiger charge is -2.41. The molecule has 0 bridgehead atoms. The Morgan fingerprint density at radius 3 is 2.65 bits per heavy atom. The molecule has 2 fully saturated rings. The van der Waals surface area contributed by atoms with Crippen LogP contribution in [0.25, 0.3) is 0 Å². The Hall–Kier alpha value is -2.43. The molecular formula is C21H24N4O. The van der Waals surface area contributed by atoms with Crippen molar-refractivity contribution in [2.45, 2.75) is 62.9 Å². The molecule has 1 N–H and O–H groups in total. The molecule has 2 aromatic rings. The SMILES string of the molecule is CC1(C)C(=O)N([C@H]2C[C@H](Nc3ccc(C4CC4)cn3)C2)c2ncccc21. The number of hydrogen-bond acceptors (Lipinski definition) is 4. The summed E-state index contributed by atoms with van der Waals surface area (Å²) in [6, 6.07) is 8.81. The fourth-order valence-corrected chi connectivity index (χ4v) is 4.20. The lowest BCUT2D eigenvalue weighted by Crippen LogP contribution is -2.53. The molecule has 2 aliphatic carbocycles. The summed E-state index contributed by atoms with van der Waals surface area (Å²) < 4.78 is 0. The fourth-order valence-electron chi connectivity index (χ4n) is 4.20. The maximum atomic E-state index is 12.9. The molecule has 1 amide bonds. The highest BCUT2D eigenvalue weighted by molar-refractivity contribution is 6.07. The Kier molecular flexibility index (Phi) is 3.36. The first kappa shape index (κ1) is 15.8. The summed E-state index contributed by atoms with van der Waals surface area (Å²) in [6.45, 7) is 3.99. The van der Waals surface area contributed by atoms with E-state index in [1.807, 2.05) is 37.1 Å². The molecule has 3 aliphatic rings. The maximum absolute atomic E-state index is 12.9. The van der Waals surface area contributed by atoms with Gasteiger partial charge in [0.05, 0.1) is 5.41 Å². The number of nitrogens with zero attached hydrogens (tertiary/aromatic N) is 3. The van der Waals surface area contributed by atoms with Gasteiger partial charge in [-0.3, -0.25) is 9.69 Å². The van der Waals surface area contributed by atoms with Crippen molar-refractivity contribution in [2.75, 3.05) is 10.2 Å². The molecule has 2 saturated carbocycles. The van der Waals surface area contributed by atoms with E-state index in [1.54, 1.807) is 6.20 Å². The third kappa shape index (κ3) is 2.41. The minimum Gasteiger partial charge on any atom is -0.367 e. The van der Waals surface area contributed by atoms with Gasteiger partial charge in [0.15, 0.2) is 0 Å². The number of carbonyl (C=O) groups excluding carboxylic acids is 1. The molecule has 0 radical (unpaired) electrons. The van der Waals surface area contributed by atoms with E-state index in [1.165, 1.54) is 18.4 Å². The van der Waals surface area contributed by atoms with Crippen LogP contribution in [-0.2, 0) is 10.2 Å². The minimum absolute atomic E-state index is 0.168. The number of hydrogen-bond donors (Lipinski definition) is 1. The van der Waals surface area contributed by atoms with Gasteiger partial charge in [0.25, 0.3) is 0 Å². The van der Waals surface area contributed by atoms with Gasteiger partial charge in [0.2, 0.25) is 5.91 Å². The number of pyridine rings is 2. The highest BCUT2D eigenvalue weighted by Gasteiger charge is 2.50. The highest BCUT2D eigenvalue weighted by atomic mass is 16.2. The van der Waals surface area contributed by atoms with E-state index in [2.05, 4.69) is 27.4 Å². The molecule has 5 heteroatoms. The molecule has 26 heavy (non-hydrogen) atoms. The number of amides is 1. The number of carbonyl (C=O) groups is 1. The zero-order chi connectivity index (χ0) is 17.9. The van der Waals surface area contributed by atoms with Gasteiger partial charge in [-0.1, -0.05) is 12.1 Å². The highest BCUT2D eigenvalue weighted by Crippen LogP contribution is 2.44. The molecule has 5 nitrogen and oxygen atoms in total. The zero-order valence-corrected chi connectivity index (χ0v) is 15.3. The minimum atomic E-state index is -0.484. The van der Waals surface area contributed by atoms with E-state index in [9.17, 15) is 4.79 Å². The lowest BCUT2D eigenvalue weighted by atomic mass is 9.84. The van der Waals surface area contributed by atoms with E-state index >= 15 is 0 Å². The van der Waals surface area contributed by atoms with E-state index in [-0.39, 0.29) is 11.9 Å². The summed E-state index contributed by atoms with van der Waals surface area (Å²) in [5, 5.41) is 3.51. The Morgan fingerprint density at radius 2 is 1.96 bits per heavy atom. The number of aromatic nitrogens is 2. The smallest absolute Gasteiger partial charge is 0.238 e. The van der Waals surface area contributed by atoms with Crippen molar-refractivity contribution in [1.82, 2.24) is 9.97 Å². The second-order valence-corrected chi connectivity index (χ2v) is 8.39. The summed E-state index contributed by atoms with van der Waals surface area (Å²) >= 11 is 0. The Bertz CT molecular complexity index is 851. The van der Waals surface area contributed by atoms with Gasteiger partial charge in [0, 0.05) is 30.0 Å². The number of nitrogens with one attached hydrogen (secondary N) is 1. The molecule has 3 heterocycles.